The van der Waals surface area contributed by atoms with E-state index < -0.39 is 0 Å². The molecular weight excluding hydrogens is 245 g/mol. The average Bonchev–Trinajstić information content (AvgIpc) is 2.46. The molecule has 1 heterocycles. The van der Waals surface area contributed by atoms with Gasteiger partial charge in [-0.3, -0.25) is 4.79 Å². The van der Waals surface area contributed by atoms with Gasteiger partial charge in [0.25, 0.3) is 0 Å². The molecule has 3 nitrogen and oxygen atoms in total. The van der Waals surface area contributed by atoms with Gasteiger partial charge in [0.05, 0.1) is 0 Å². The molecule has 19 heavy (non-hydrogen) atoms. The molecule has 1 amide bonds. The second-order valence-electron chi connectivity index (χ2n) is 5.10. The van der Waals surface area contributed by atoms with E-state index in [0.717, 1.165) is 12.8 Å². The summed E-state index contributed by atoms with van der Waals surface area (Å²) in [5.74, 6) is 0.171. The molecule has 0 spiro atoms. The van der Waals surface area contributed by atoms with Gasteiger partial charge in [0.2, 0.25) is 5.91 Å². The second-order valence-corrected chi connectivity index (χ2v) is 5.10. The van der Waals surface area contributed by atoms with Gasteiger partial charge < -0.3 is 10.0 Å². The quantitative estimate of drug-likeness (QED) is 0.904. The summed E-state index contributed by atoms with van der Waals surface area (Å²) in [5, 5.41) is 9.05. The summed E-state index contributed by atoms with van der Waals surface area (Å²) in [4.78, 5) is 13.8. The van der Waals surface area contributed by atoms with Gasteiger partial charge in [-0.05, 0) is 36.8 Å². The molecule has 1 aliphatic heterocycles. The van der Waals surface area contributed by atoms with Crippen LogP contribution in [0.25, 0.3) is 0 Å². The summed E-state index contributed by atoms with van der Waals surface area (Å²) in [6, 6.07) is 6.59. The lowest BCUT2D eigenvalue weighted by molar-refractivity contribution is -0.132. The first-order valence-corrected chi connectivity index (χ1v) is 6.82. The van der Waals surface area contributed by atoms with E-state index in [1.807, 2.05) is 4.90 Å². The van der Waals surface area contributed by atoms with Crippen LogP contribution in [-0.4, -0.2) is 35.6 Å². The van der Waals surface area contributed by atoms with Crippen LogP contribution in [0.5, 0.6) is 0 Å². The number of aryl methyl sites for hydroxylation is 1. The Bertz CT molecular complexity index is 428. The highest BCUT2D eigenvalue weighted by Gasteiger charge is 2.22. The average molecular weight is 265 g/mol. The Balaban J connectivity index is 1.81. The first-order chi connectivity index (χ1) is 9.20. The number of halogens is 1. The Morgan fingerprint density at radius 3 is 2.63 bits per heavy atom. The fourth-order valence-electron chi connectivity index (χ4n) is 2.47. The van der Waals surface area contributed by atoms with Gasteiger partial charge in [-0.2, -0.15) is 0 Å². The maximum absolute atomic E-state index is 13.4. The molecule has 1 N–H and O–H groups in total. The first-order valence-electron chi connectivity index (χ1n) is 6.82. The molecule has 1 aliphatic rings. The number of hydrogen-bond donors (Lipinski definition) is 1. The van der Waals surface area contributed by atoms with E-state index >= 15 is 0 Å². The summed E-state index contributed by atoms with van der Waals surface area (Å²) in [7, 11) is 0. The van der Waals surface area contributed by atoms with Crippen LogP contribution in [-0.2, 0) is 11.2 Å². The molecule has 1 saturated heterocycles. The fourth-order valence-corrected chi connectivity index (χ4v) is 2.47. The van der Waals surface area contributed by atoms with E-state index in [1.54, 1.807) is 18.2 Å². The monoisotopic (exact) mass is 265 g/mol. The molecule has 0 aliphatic carbocycles. The molecule has 0 atom stereocenters. The highest BCUT2D eigenvalue weighted by atomic mass is 19.1. The number of carbonyl (C=O) groups excluding carboxylic acids is 1. The molecule has 0 unspecified atom stereocenters. The largest absolute Gasteiger partial charge is 0.396 e. The molecule has 0 radical (unpaired) electrons. The van der Waals surface area contributed by atoms with Gasteiger partial charge in [0.1, 0.15) is 5.82 Å². The lowest BCUT2D eigenvalue weighted by Gasteiger charge is -2.31. The Kier molecular flexibility index (Phi) is 4.91. The highest BCUT2D eigenvalue weighted by molar-refractivity contribution is 5.76. The third kappa shape index (κ3) is 3.77. The van der Waals surface area contributed by atoms with E-state index in [2.05, 4.69) is 0 Å². The zero-order valence-electron chi connectivity index (χ0n) is 11.0. The lowest BCUT2D eigenvalue weighted by Crippen LogP contribution is -2.39. The van der Waals surface area contributed by atoms with Crippen molar-refractivity contribution in [3.8, 4) is 0 Å². The van der Waals surface area contributed by atoms with Crippen molar-refractivity contribution < 1.29 is 14.3 Å². The molecule has 4 heteroatoms. The van der Waals surface area contributed by atoms with Crippen molar-refractivity contribution in [2.75, 3.05) is 19.7 Å². The number of amides is 1. The third-order valence-corrected chi connectivity index (χ3v) is 3.79. The number of likely N-dealkylation sites (tertiary alicyclic amines) is 1. The third-order valence-electron chi connectivity index (χ3n) is 3.79. The van der Waals surface area contributed by atoms with Gasteiger partial charge in [-0.25, -0.2) is 4.39 Å². The number of benzene rings is 1. The predicted molar refractivity (Wildman–Crippen MR) is 71.1 cm³/mol. The zero-order valence-corrected chi connectivity index (χ0v) is 11.0. The molecule has 2 rings (SSSR count). The number of aliphatic hydroxyl groups is 1. The molecule has 1 aromatic rings. The fraction of sp³-hybridized carbons (Fsp3) is 0.533. The minimum absolute atomic E-state index is 0.0830. The SMILES string of the molecule is O=C(CCc1ccccc1F)N1CCC(CO)CC1. The zero-order chi connectivity index (χ0) is 13.7. The summed E-state index contributed by atoms with van der Waals surface area (Å²) in [6.45, 7) is 1.62. The van der Waals surface area contributed by atoms with Gasteiger partial charge in [-0.15, -0.1) is 0 Å². The van der Waals surface area contributed by atoms with Crippen LogP contribution in [0, 0.1) is 11.7 Å². The number of carbonyl (C=O) groups is 1. The normalized spacial score (nSPS) is 16.6. The maximum atomic E-state index is 13.4. The van der Waals surface area contributed by atoms with Gasteiger partial charge in [0.15, 0.2) is 0 Å². The minimum atomic E-state index is -0.241. The van der Waals surface area contributed by atoms with E-state index in [4.69, 9.17) is 5.11 Å². The Hall–Kier alpha value is -1.42. The molecule has 1 fully saturated rings. The molecule has 0 saturated carbocycles. The van der Waals surface area contributed by atoms with Gasteiger partial charge >= 0.3 is 0 Å². The van der Waals surface area contributed by atoms with Crippen molar-refractivity contribution in [2.24, 2.45) is 5.92 Å². The minimum Gasteiger partial charge on any atom is -0.396 e. The summed E-state index contributed by atoms with van der Waals surface area (Å²) in [5.41, 5.74) is 0.598. The van der Waals surface area contributed by atoms with Crippen molar-refractivity contribution in [3.05, 3.63) is 35.6 Å². The van der Waals surface area contributed by atoms with Crippen LogP contribution in [0.2, 0.25) is 0 Å². The molecule has 104 valence electrons. The first kappa shape index (κ1) is 14.0. The number of nitrogens with zero attached hydrogens (tertiary/aromatic N) is 1. The molecule has 1 aromatic carbocycles. The standard InChI is InChI=1S/C15H20FNO2/c16-14-4-2-1-3-13(14)5-6-15(19)17-9-7-12(11-18)8-10-17/h1-4,12,18H,5-11H2. The van der Waals surface area contributed by atoms with Crippen molar-refractivity contribution in [1.82, 2.24) is 4.90 Å². The van der Waals surface area contributed by atoms with Gasteiger partial charge in [0, 0.05) is 26.1 Å². The number of aliphatic hydroxyl groups excluding tert-OH is 1. The van der Waals surface area contributed by atoms with E-state index in [0.29, 0.717) is 37.4 Å². The number of piperidine rings is 1. The van der Waals surface area contributed by atoms with Gasteiger partial charge in [-0.1, -0.05) is 18.2 Å². The number of hydrogen-bond acceptors (Lipinski definition) is 2. The Labute approximate surface area is 113 Å². The smallest absolute Gasteiger partial charge is 0.222 e. The highest BCUT2D eigenvalue weighted by Crippen LogP contribution is 2.18. The molecular formula is C15H20FNO2. The summed E-state index contributed by atoms with van der Waals surface area (Å²) in [6.07, 6.45) is 2.53. The maximum Gasteiger partial charge on any atom is 0.222 e. The van der Waals surface area contributed by atoms with Crippen LogP contribution >= 0.6 is 0 Å². The molecule has 0 bridgehead atoms. The van der Waals surface area contributed by atoms with E-state index in [9.17, 15) is 9.18 Å². The second kappa shape index (κ2) is 6.66. The van der Waals surface area contributed by atoms with Crippen LogP contribution in [0.4, 0.5) is 4.39 Å². The predicted octanol–water partition coefficient (Wildman–Crippen LogP) is 1.99. The van der Waals surface area contributed by atoms with E-state index in [-0.39, 0.29) is 18.3 Å². The van der Waals surface area contributed by atoms with Crippen molar-refractivity contribution in [2.45, 2.75) is 25.7 Å². The van der Waals surface area contributed by atoms with E-state index in [1.165, 1.54) is 6.07 Å². The van der Waals surface area contributed by atoms with Crippen molar-refractivity contribution >= 4 is 5.91 Å². The lowest BCUT2D eigenvalue weighted by atomic mass is 9.97. The Morgan fingerprint density at radius 2 is 2.00 bits per heavy atom. The summed E-state index contributed by atoms with van der Waals surface area (Å²) >= 11 is 0. The van der Waals surface area contributed by atoms with Crippen molar-refractivity contribution in [3.63, 3.8) is 0 Å². The van der Waals surface area contributed by atoms with Crippen molar-refractivity contribution in [1.29, 1.82) is 0 Å². The van der Waals surface area contributed by atoms with Crippen LogP contribution in [0.1, 0.15) is 24.8 Å². The Morgan fingerprint density at radius 1 is 1.32 bits per heavy atom. The molecule has 0 aromatic heterocycles. The van der Waals surface area contributed by atoms with Crippen LogP contribution < -0.4 is 0 Å². The van der Waals surface area contributed by atoms with Crippen LogP contribution in [0.3, 0.4) is 0 Å². The number of rotatable bonds is 4. The topological polar surface area (TPSA) is 40.5 Å². The van der Waals surface area contributed by atoms with Crippen LogP contribution in [0.15, 0.2) is 24.3 Å². The summed E-state index contributed by atoms with van der Waals surface area (Å²) < 4.78 is 13.4.